The first kappa shape index (κ1) is 24.5. The summed E-state index contributed by atoms with van der Waals surface area (Å²) in [6, 6.07) is 10.9. The fraction of sp³-hybridized carbons (Fsp3) is 0.360. The number of halogens is 2. The van der Waals surface area contributed by atoms with Crippen molar-refractivity contribution < 1.29 is 24.2 Å². The van der Waals surface area contributed by atoms with Gasteiger partial charge in [-0.15, -0.1) is 0 Å². The van der Waals surface area contributed by atoms with Gasteiger partial charge in [0.05, 0.1) is 37.0 Å². The first-order chi connectivity index (χ1) is 16.4. The summed E-state index contributed by atoms with van der Waals surface area (Å²) < 4.78 is 10.6. The summed E-state index contributed by atoms with van der Waals surface area (Å²) in [5.74, 6) is -1.23. The molecule has 0 radical (unpaired) electrons. The Hall–Kier alpha value is -2.58. The molecule has 2 aliphatic rings. The zero-order valence-electron chi connectivity index (χ0n) is 18.8. The van der Waals surface area contributed by atoms with E-state index in [1.807, 2.05) is 0 Å². The molecule has 0 aromatic heterocycles. The Labute approximate surface area is 208 Å². The van der Waals surface area contributed by atoms with E-state index in [0.717, 1.165) is 19.6 Å². The highest BCUT2D eigenvalue weighted by Gasteiger charge is 2.45. The fourth-order valence-electron chi connectivity index (χ4n) is 4.39. The van der Waals surface area contributed by atoms with Crippen LogP contribution in [0.3, 0.4) is 0 Å². The van der Waals surface area contributed by atoms with E-state index < -0.39 is 17.7 Å². The average Bonchev–Trinajstić information content (AvgIpc) is 3.09. The fourth-order valence-corrected chi connectivity index (χ4v) is 4.85. The molecule has 0 unspecified atom stereocenters. The minimum absolute atomic E-state index is 0.0138. The van der Waals surface area contributed by atoms with Crippen molar-refractivity contribution in [2.24, 2.45) is 0 Å². The van der Waals surface area contributed by atoms with Crippen molar-refractivity contribution in [1.29, 1.82) is 0 Å². The van der Waals surface area contributed by atoms with Gasteiger partial charge in [-0.25, -0.2) is 0 Å². The van der Waals surface area contributed by atoms with E-state index in [2.05, 4.69) is 4.90 Å². The molecular formula is C25H26Cl2N2O5. The van der Waals surface area contributed by atoms with Gasteiger partial charge >= 0.3 is 0 Å². The molecule has 1 N–H and O–H groups in total. The van der Waals surface area contributed by atoms with Gasteiger partial charge in [-0.05, 0) is 42.3 Å². The van der Waals surface area contributed by atoms with Gasteiger partial charge < -0.3 is 19.5 Å². The predicted molar refractivity (Wildman–Crippen MR) is 130 cm³/mol. The maximum absolute atomic E-state index is 13.1. The first-order valence-electron chi connectivity index (χ1n) is 11.1. The summed E-state index contributed by atoms with van der Waals surface area (Å²) in [6.45, 7) is 4.21. The van der Waals surface area contributed by atoms with Crippen molar-refractivity contribution in [3.05, 3.63) is 69.2 Å². The highest BCUT2D eigenvalue weighted by Crippen LogP contribution is 2.40. The number of ether oxygens (including phenoxy) is 2. The number of nitrogens with zero attached hydrogens (tertiary/aromatic N) is 2. The number of aliphatic hydroxyl groups excluding tert-OH is 1. The van der Waals surface area contributed by atoms with E-state index in [9.17, 15) is 14.7 Å². The third-order valence-corrected chi connectivity index (χ3v) is 6.64. The van der Waals surface area contributed by atoms with Crippen LogP contribution in [0.2, 0.25) is 10.0 Å². The van der Waals surface area contributed by atoms with Crippen LogP contribution >= 0.6 is 23.2 Å². The molecule has 2 fully saturated rings. The molecule has 2 aromatic rings. The van der Waals surface area contributed by atoms with Crippen LogP contribution in [-0.4, -0.2) is 73.1 Å². The van der Waals surface area contributed by atoms with E-state index in [1.165, 1.54) is 18.1 Å². The topological polar surface area (TPSA) is 79.3 Å². The van der Waals surface area contributed by atoms with Crippen LogP contribution < -0.4 is 4.74 Å². The molecule has 1 amide bonds. The van der Waals surface area contributed by atoms with Crippen LogP contribution in [0.5, 0.6) is 5.75 Å². The number of methoxy groups -OCH3 is 1. The van der Waals surface area contributed by atoms with Crippen LogP contribution in [-0.2, 0) is 14.3 Å². The molecule has 1 atom stereocenters. The third-order valence-electron chi connectivity index (χ3n) is 6.11. The van der Waals surface area contributed by atoms with E-state index in [-0.39, 0.29) is 16.4 Å². The molecule has 34 heavy (non-hydrogen) atoms. The van der Waals surface area contributed by atoms with Gasteiger partial charge in [-0.3, -0.25) is 14.5 Å². The zero-order chi connectivity index (χ0) is 24.2. The minimum atomic E-state index is -0.760. The number of benzene rings is 2. The second kappa shape index (κ2) is 10.8. The summed E-state index contributed by atoms with van der Waals surface area (Å²) in [4.78, 5) is 30.0. The zero-order valence-corrected chi connectivity index (χ0v) is 20.3. The Morgan fingerprint density at radius 2 is 1.88 bits per heavy atom. The van der Waals surface area contributed by atoms with Crippen LogP contribution in [0, 0.1) is 0 Å². The largest absolute Gasteiger partial charge is 0.507 e. The molecule has 2 aliphatic heterocycles. The maximum atomic E-state index is 13.1. The number of Topliss-reactive ketones (excluding diaryl/α,β-unsaturated/α-hetero) is 1. The van der Waals surface area contributed by atoms with Crippen molar-refractivity contribution in [1.82, 2.24) is 9.80 Å². The number of rotatable bonds is 7. The van der Waals surface area contributed by atoms with Crippen LogP contribution in [0.4, 0.5) is 0 Å². The van der Waals surface area contributed by atoms with Crippen LogP contribution in [0.25, 0.3) is 5.76 Å². The van der Waals surface area contributed by atoms with E-state index in [0.29, 0.717) is 48.1 Å². The van der Waals surface area contributed by atoms with Crippen molar-refractivity contribution in [3.63, 3.8) is 0 Å². The van der Waals surface area contributed by atoms with Crippen molar-refractivity contribution in [2.45, 2.75) is 12.5 Å². The Balaban J connectivity index is 1.69. The Morgan fingerprint density at radius 1 is 1.12 bits per heavy atom. The van der Waals surface area contributed by atoms with E-state index >= 15 is 0 Å². The third kappa shape index (κ3) is 5.08. The van der Waals surface area contributed by atoms with Gasteiger partial charge in [-0.2, -0.15) is 0 Å². The Morgan fingerprint density at radius 3 is 2.56 bits per heavy atom. The van der Waals surface area contributed by atoms with Crippen molar-refractivity contribution in [3.8, 4) is 5.75 Å². The predicted octanol–water partition coefficient (Wildman–Crippen LogP) is 4.15. The lowest BCUT2D eigenvalue weighted by Crippen LogP contribution is -2.38. The molecule has 2 heterocycles. The highest BCUT2D eigenvalue weighted by molar-refractivity contribution is 6.46. The number of hydrogen-bond acceptors (Lipinski definition) is 6. The minimum Gasteiger partial charge on any atom is -0.507 e. The molecule has 7 nitrogen and oxygen atoms in total. The number of amides is 1. The second-order valence-electron chi connectivity index (χ2n) is 8.20. The Kier molecular flexibility index (Phi) is 7.78. The van der Waals surface area contributed by atoms with Gasteiger partial charge in [0.15, 0.2) is 0 Å². The number of hydrogen-bond donors (Lipinski definition) is 1. The molecule has 180 valence electrons. The summed E-state index contributed by atoms with van der Waals surface area (Å²) in [6.07, 6.45) is 0.679. The van der Waals surface area contributed by atoms with Crippen LogP contribution in [0.15, 0.2) is 48.0 Å². The summed E-state index contributed by atoms with van der Waals surface area (Å²) >= 11 is 12.5. The van der Waals surface area contributed by atoms with Crippen LogP contribution in [0.1, 0.15) is 23.6 Å². The molecule has 9 heteroatoms. The van der Waals surface area contributed by atoms with Gasteiger partial charge in [0.2, 0.25) is 0 Å². The monoisotopic (exact) mass is 504 g/mol. The number of morpholine rings is 1. The molecule has 4 rings (SSSR count). The molecule has 0 aliphatic carbocycles. The lowest BCUT2D eigenvalue weighted by molar-refractivity contribution is -0.140. The summed E-state index contributed by atoms with van der Waals surface area (Å²) in [7, 11) is 1.49. The number of ketones is 1. The quantitative estimate of drug-likeness (QED) is 0.346. The van der Waals surface area contributed by atoms with Crippen molar-refractivity contribution >= 4 is 40.7 Å². The van der Waals surface area contributed by atoms with Gasteiger partial charge in [0.25, 0.3) is 11.7 Å². The Bertz CT molecular complexity index is 1110. The standard InChI is InChI=1S/C25H26Cl2N2O5/c1-33-20-7-6-17(15-19(20)27)23(30)21-22(16-4-2-5-18(26)14-16)29(25(32)24(21)31)9-3-8-28-10-12-34-13-11-28/h2,4-7,14-15,22,30H,3,8-13H2,1H3/t22-/m1/s1. The maximum Gasteiger partial charge on any atom is 0.295 e. The molecule has 0 saturated carbocycles. The van der Waals surface area contributed by atoms with E-state index in [1.54, 1.807) is 36.4 Å². The summed E-state index contributed by atoms with van der Waals surface area (Å²) in [5.41, 5.74) is 0.989. The molecule has 2 saturated heterocycles. The van der Waals surface area contributed by atoms with Gasteiger partial charge in [-0.1, -0.05) is 35.3 Å². The average molecular weight is 505 g/mol. The normalized spacial score (nSPS) is 20.7. The highest BCUT2D eigenvalue weighted by atomic mass is 35.5. The van der Waals surface area contributed by atoms with Gasteiger partial charge in [0.1, 0.15) is 11.5 Å². The van der Waals surface area contributed by atoms with E-state index in [4.69, 9.17) is 32.7 Å². The molecular weight excluding hydrogens is 479 g/mol. The number of carbonyl (C=O) groups is 2. The molecule has 0 spiro atoms. The first-order valence-corrected chi connectivity index (χ1v) is 11.8. The number of carbonyl (C=O) groups excluding carboxylic acids is 2. The number of aliphatic hydroxyl groups is 1. The molecule has 2 aromatic carbocycles. The smallest absolute Gasteiger partial charge is 0.295 e. The SMILES string of the molecule is COc1ccc(C(O)=C2C(=O)C(=O)N(CCCN3CCOCC3)[C@@H]2c2cccc(Cl)c2)cc1Cl. The van der Waals surface area contributed by atoms with Gasteiger partial charge in [0, 0.05) is 36.8 Å². The lowest BCUT2D eigenvalue weighted by Gasteiger charge is -2.29. The number of likely N-dealkylation sites (tertiary alicyclic amines) is 1. The second-order valence-corrected chi connectivity index (χ2v) is 9.05. The van der Waals surface area contributed by atoms with Crippen molar-refractivity contribution in [2.75, 3.05) is 46.5 Å². The molecule has 0 bridgehead atoms. The lowest BCUT2D eigenvalue weighted by atomic mass is 9.95. The summed E-state index contributed by atoms with van der Waals surface area (Å²) in [5, 5.41) is 11.9.